The first-order chi connectivity index (χ1) is 11.5. The Bertz CT molecular complexity index is 687. The first kappa shape index (κ1) is 18.7. The van der Waals surface area contributed by atoms with E-state index in [0.717, 1.165) is 28.0 Å². The number of nitrogens with one attached hydrogen (secondary N) is 2. The summed E-state index contributed by atoms with van der Waals surface area (Å²) in [5.74, 6) is 0.409. The van der Waals surface area contributed by atoms with Gasteiger partial charge in [-0.15, -0.1) is 10.2 Å². The standard InChI is InChI=1S/C17H24N4OS2/c1-5-7-12(3)18-15(22)10-23-17-21-20-16(24-17)19-14-9-6-8-11(2)13(14)4/h6,8-9,12H,5,7,10H2,1-4H3,(H,18,22)(H,19,20)/t12-/m1/s1. The predicted molar refractivity (Wildman–Crippen MR) is 102 cm³/mol. The summed E-state index contributed by atoms with van der Waals surface area (Å²) in [5.41, 5.74) is 3.47. The van der Waals surface area contributed by atoms with Crippen LogP contribution in [0, 0.1) is 13.8 Å². The van der Waals surface area contributed by atoms with Gasteiger partial charge in [0.05, 0.1) is 5.75 Å². The smallest absolute Gasteiger partial charge is 0.230 e. The Hall–Kier alpha value is -1.60. The number of nitrogens with zero attached hydrogens (tertiary/aromatic N) is 2. The van der Waals surface area contributed by atoms with E-state index in [1.54, 1.807) is 0 Å². The Morgan fingerprint density at radius 2 is 2.12 bits per heavy atom. The van der Waals surface area contributed by atoms with Gasteiger partial charge in [-0.2, -0.15) is 0 Å². The molecule has 5 nitrogen and oxygen atoms in total. The summed E-state index contributed by atoms with van der Waals surface area (Å²) in [5, 5.41) is 15.3. The Morgan fingerprint density at radius 3 is 2.88 bits per heavy atom. The fraction of sp³-hybridized carbons (Fsp3) is 0.471. The first-order valence-electron chi connectivity index (χ1n) is 8.08. The number of rotatable bonds is 8. The van der Waals surface area contributed by atoms with E-state index in [4.69, 9.17) is 0 Å². The molecule has 1 amide bonds. The fourth-order valence-electron chi connectivity index (χ4n) is 2.27. The average Bonchev–Trinajstić information content (AvgIpc) is 2.98. The van der Waals surface area contributed by atoms with E-state index in [1.165, 1.54) is 34.2 Å². The molecular formula is C17H24N4OS2. The third-order valence-electron chi connectivity index (χ3n) is 3.71. The molecule has 0 radical (unpaired) electrons. The molecule has 1 atom stereocenters. The summed E-state index contributed by atoms with van der Waals surface area (Å²) in [6.45, 7) is 8.31. The van der Waals surface area contributed by atoms with Crippen LogP contribution in [0.25, 0.3) is 0 Å². The Morgan fingerprint density at radius 1 is 1.33 bits per heavy atom. The highest BCUT2D eigenvalue weighted by molar-refractivity contribution is 8.01. The molecule has 0 unspecified atom stereocenters. The van der Waals surface area contributed by atoms with Crippen LogP contribution in [0.5, 0.6) is 0 Å². The number of carbonyl (C=O) groups is 1. The van der Waals surface area contributed by atoms with Gasteiger partial charge in [-0.1, -0.05) is 48.6 Å². The molecule has 2 N–H and O–H groups in total. The van der Waals surface area contributed by atoms with Crippen molar-refractivity contribution in [3.05, 3.63) is 29.3 Å². The van der Waals surface area contributed by atoms with Crippen LogP contribution >= 0.6 is 23.1 Å². The summed E-state index contributed by atoms with van der Waals surface area (Å²) in [4.78, 5) is 11.9. The number of thioether (sulfide) groups is 1. The van der Waals surface area contributed by atoms with Crippen molar-refractivity contribution in [2.45, 2.75) is 50.9 Å². The van der Waals surface area contributed by atoms with E-state index in [-0.39, 0.29) is 11.9 Å². The maximum atomic E-state index is 11.9. The lowest BCUT2D eigenvalue weighted by molar-refractivity contribution is -0.119. The Kier molecular flexibility index (Phi) is 7.05. The summed E-state index contributed by atoms with van der Waals surface area (Å²) in [6.07, 6.45) is 2.07. The topological polar surface area (TPSA) is 66.9 Å². The lowest BCUT2D eigenvalue weighted by Crippen LogP contribution is -2.33. The van der Waals surface area contributed by atoms with E-state index in [0.29, 0.717) is 5.75 Å². The molecule has 0 bridgehead atoms. The molecule has 0 saturated carbocycles. The molecule has 0 aliphatic rings. The van der Waals surface area contributed by atoms with Crippen LogP contribution in [0.4, 0.5) is 10.8 Å². The molecule has 1 aromatic carbocycles. The zero-order valence-corrected chi connectivity index (χ0v) is 16.2. The molecular weight excluding hydrogens is 340 g/mol. The fourth-order valence-corrected chi connectivity index (χ4v) is 3.84. The van der Waals surface area contributed by atoms with Crippen molar-refractivity contribution < 1.29 is 4.79 Å². The van der Waals surface area contributed by atoms with Crippen molar-refractivity contribution in [2.24, 2.45) is 0 Å². The minimum atomic E-state index is 0.0418. The van der Waals surface area contributed by atoms with Crippen molar-refractivity contribution in [1.82, 2.24) is 15.5 Å². The minimum absolute atomic E-state index is 0.0418. The lowest BCUT2D eigenvalue weighted by Gasteiger charge is -2.11. The van der Waals surface area contributed by atoms with Gasteiger partial charge in [0, 0.05) is 11.7 Å². The second-order valence-corrected chi connectivity index (χ2v) is 7.99. The molecule has 0 spiro atoms. The zero-order chi connectivity index (χ0) is 17.5. The van der Waals surface area contributed by atoms with Gasteiger partial charge in [0.15, 0.2) is 4.34 Å². The Labute approximate surface area is 151 Å². The zero-order valence-electron chi connectivity index (χ0n) is 14.5. The van der Waals surface area contributed by atoms with Gasteiger partial charge in [-0.25, -0.2) is 0 Å². The molecule has 0 aliphatic carbocycles. The van der Waals surface area contributed by atoms with E-state index >= 15 is 0 Å². The van der Waals surface area contributed by atoms with Crippen LogP contribution in [0.3, 0.4) is 0 Å². The molecule has 0 aliphatic heterocycles. The summed E-state index contributed by atoms with van der Waals surface area (Å²) >= 11 is 2.88. The highest BCUT2D eigenvalue weighted by Crippen LogP contribution is 2.29. The van der Waals surface area contributed by atoms with Crippen LogP contribution < -0.4 is 10.6 Å². The van der Waals surface area contributed by atoms with Gasteiger partial charge < -0.3 is 10.6 Å². The molecule has 7 heteroatoms. The highest BCUT2D eigenvalue weighted by atomic mass is 32.2. The number of carbonyl (C=O) groups excluding carboxylic acids is 1. The number of benzene rings is 1. The van der Waals surface area contributed by atoms with Gasteiger partial charge in [0.1, 0.15) is 0 Å². The molecule has 1 heterocycles. The predicted octanol–water partition coefficient (Wildman–Crippen LogP) is 4.30. The van der Waals surface area contributed by atoms with Crippen LogP contribution in [0.15, 0.2) is 22.5 Å². The molecule has 24 heavy (non-hydrogen) atoms. The van der Waals surface area contributed by atoms with Gasteiger partial charge in [-0.05, 0) is 44.4 Å². The van der Waals surface area contributed by atoms with Gasteiger partial charge in [-0.3, -0.25) is 4.79 Å². The number of hydrogen-bond acceptors (Lipinski definition) is 6. The minimum Gasteiger partial charge on any atom is -0.353 e. The Balaban J connectivity index is 1.87. The SMILES string of the molecule is CCC[C@@H](C)NC(=O)CSc1nnc(Nc2cccc(C)c2C)s1. The second-order valence-electron chi connectivity index (χ2n) is 5.79. The van der Waals surface area contributed by atoms with E-state index < -0.39 is 0 Å². The third kappa shape index (κ3) is 5.49. The normalized spacial score (nSPS) is 12.0. The quantitative estimate of drug-likeness (QED) is 0.684. The van der Waals surface area contributed by atoms with Gasteiger partial charge >= 0.3 is 0 Å². The van der Waals surface area contributed by atoms with E-state index in [2.05, 4.69) is 47.7 Å². The monoisotopic (exact) mass is 364 g/mol. The summed E-state index contributed by atoms with van der Waals surface area (Å²) in [7, 11) is 0. The number of hydrogen-bond donors (Lipinski definition) is 2. The van der Waals surface area contributed by atoms with Crippen molar-refractivity contribution in [3.8, 4) is 0 Å². The average molecular weight is 365 g/mol. The summed E-state index contributed by atoms with van der Waals surface area (Å²) in [6, 6.07) is 6.35. The molecule has 0 fully saturated rings. The van der Waals surface area contributed by atoms with Crippen molar-refractivity contribution in [2.75, 3.05) is 11.1 Å². The number of aryl methyl sites for hydroxylation is 1. The maximum absolute atomic E-state index is 11.9. The molecule has 2 rings (SSSR count). The van der Waals surface area contributed by atoms with Crippen LogP contribution in [0.1, 0.15) is 37.8 Å². The molecule has 2 aromatic rings. The maximum Gasteiger partial charge on any atom is 0.230 e. The van der Waals surface area contributed by atoms with Crippen LogP contribution in [0.2, 0.25) is 0 Å². The van der Waals surface area contributed by atoms with Crippen molar-refractivity contribution >= 4 is 39.8 Å². The summed E-state index contributed by atoms with van der Waals surface area (Å²) < 4.78 is 0.793. The van der Waals surface area contributed by atoms with Crippen molar-refractivity contribution in [1.29, 1.82) is 0 Å². The molecule has 130 valence electrons. The highest BCUT2D eigenvalue weighted by Gasteiger charge is 2.11. The van der Waals surface area contributed by atoms with E-state index in [9.17, 15) is 4.79 Å². The second kappa shape index (κ2) is 9.03. The van der Waals surface area contributed by atoms with E-state index in [1.807, 2.05) is 19.1 Å². The van der Waals surface area contributed by atoms with Crippen LogP contribution in [-0.4, -0.2) is 27.9 Å². The molecule has 1 aromatic heterocycles. The third-order valence-corrected chi connectivity index (χ3v) is 5.68. The van der Waals surface area contributed by atoms with Gasteiger partial charge in [0.2, 0.25) is 11.0 Å². The van der Waals surface area contributed by atoms with Crippen molar-refractivity contribution in [3.63, 3.8) is 0 Å². The number of amides is 1. The largest absolute Gasteiger partial charge is 0.353 e. The first-order valence-corrected chi connectivity index (χ1v) is 9.88. The molecule has 0 saturated heterocycles. The number of anilines is 2. The lowest BCUT2D eigenvalue weighted by atomic mass is 10.1. The van der Waals surface area contributed by atoms with Gasteiger partial charge in [0.25, 0.3) is 0 Å². The van der Waals surface area contributed by atoms with Crippen LogP contribution in [-0.2, 0) is 4.79 Å². The number of aromatic nitrogens is 2.